The van der Waals surface area contributed by atoms with Gasteiger partial charge >= 0.3 is 0 Å². The SMILES string of the molecule is C=Cc1ccccn1.Cc1ccc(CNC(=O)C2CN(c3ncnn4cc(/C=C/c5ccccn5)cc34)C2)cc1.Cc1ccc(CNC(=O)C2CN(c3ncnn4cc(Br)cc34)C2)cc1. The van der Waals surface area contributed by atoms with Gasteiger partial charge in [-0.05, 0) is 95.0 Å². The Kier molecular flexibility index (Phi) is 14.1. The highest BCUT2D eigenvalue weighted by atomic mass is 79.9. The highest BCUT2D eigenvalue weighted by Gasteiger charge is 2.35. The van der Waals surface area contributed by atoms with Gasteiger partial charge in [-0.1, -0.05) is 84.4 Å². The van der Waals surface area contributed by atoms with Crippen molar-refractivity contribution >= 4 is 68.6 Å². The third-order valence-electron chi connectivity index (χ3n) is 11.1. The lowest BCUT2D eigenvalue weighted by atomic mass is 9.99. The fourth-order valence-electron chi connectivity index (χ4n) is 7.27. The van der Waals surface area contributed by atoms with Crippen LogP contribution in [0, 0.1) is 25.7 Å². The van der Waals surface area contributed by atoms with Crippen molar-refractivity contribution in [1.82, 2.24) is 49.8 Å². The number of hydrogen-bond acceptors (Lipinski definition) is 10. The average molecular weight is 930 g/mol. The number of fused-ring (bicyclic) bond motifs is 2. The molecule has 2 aliphatic rings. The summed E-state index contributed by atoms with van der Waals surface area (Å²) in [5.41, 5.74) is 9.36. The molecule has 0 unspecified atom stereocenters. The highest BCUT2D eigenvalue weighted by molar-refractivity contribution is 9.10. The Hall–Kier alpha value is -7.52. The Bertz CT molecular complexity index is 2890. The molecule has 2 aliphatic heterocycles. The minimum Gasteiger partial charge on any atom is -0.353 e. The van der Waals surface area contributed by atoms with Crippen molar-refractivity contribution in [3.63, 3.8) is 0 Å². The van der Waals surface area contributed by atoms with Crippen molar-refractivity contribution in [3.8, 4) is 0 Å². The molecule has 0 atom stereocenters. The highest BCUT2D eigenvalue weighted by Crippen LogP contribution is 2.30. The van der Waals surface area contributed by atoms with Gasteiger partial charge in [-0.25, -0.2) is 19.0 Å². The van der Waals surface area contributed by atoms with Gasteiger partial charge in [-0.2, -0.15) is 10.2 Å². The number of nitrogens with zero attached hydrogens (tertiary/aromatic N) is 10. The van der Waals surface area contributed by atoms with Crippen molar-refractivity contribution in [2.24, 2.45) is 11.8 Å². The zero-order valence-electron chi connectivity index (χ0n) is 36.2. The number of aromatic nitrogens is 8. The third-order valence-corrected chi connectivity index (χ3v) is 11.5. The average Bonchev–Trinajstić information content (AvgIpc) is 3.91. The van der Waals surface area contributed by atoms with Crippen molar-refractivity contribution in [3.05, 3.63) is 185 Å². The quantitative estimate of drug-likeness (QED) is 0.133. The van der Waals surface area contributed by atoms with Crippen molar-refractivity contribution in [2.75, 3.05) is 36.0 Å². The second-order valence-electron chi connectivity index (χ2n) is 15.9. The molecular weight excluding hydrogens is 881 g/mol. The molecule has 0 bridgehead atoms. The van der Waals surface area contributed by atoms with Gasteiger partial charge in [0, 0.05) is 68.5 Å². The van der Waals surface area contributed by atoms with Gasteiger partial charge < -0.3 is 20.4 Å². The van der Waals surface area contributed by atoms with Gasteiger partial charge in [0.25, 0.3) is 0 Å². The maximum absolute atomic E-state index is 12.5. The van der Waals surface area contributed by atoms with Crippen LogP contribution in [0.3, 0.4) is 0 Å². The first-order valence-electron chi connectivity index (χ1n) is 21.3. The second-order valence-corrected chi connectivity index (χ2v) is 16.8. The number of amides is 2. The van der Waals surface area contributed by atoms with E-state index in [-0.39, 0.29) is 23.7 Å². The Morgan fingerprint density at radius 2 is 1.14 bits per heavy atom. The third kappa shape index (κ3) is 11.4. The number of carbonyl (C=O) groups excluding carboxylic acids is 2. The summed E-state index contributed by atoms with van der Waals surface area (Å²) >= 11 is 3.46. The minimum atomic E-state index is -0.0334. The zero-order chi connectivity index (χ0) is 45.1. The summed E-state index contributed by atoms with van der Waals surface area (Å²) in [7, 11) is 0. The molecule has 10 rings (SSSR count). The number of halogens is 1. The van der Waals surface area contributed by atoms with Gasteiger partial charge in [-0.3, -0.25) is 19.6 Å². The Balaban J connectivity index is 0.000000155. The molecule has 328 valence electrons. The summed E-state index contributed by atoms with van der Waals surface area (Å²) in [5.74, 6) is 1.86. The van der Waals surface area contributed by atoms with Crippen LogP contribution >= 0.6 is 15.9 Å². The molecule has 2 aromatic carbocycles. The van der Waals surface area contributed by atoms with E-state index in [1.165, 1.54) is 11.1 Å². The lowest BCUT2D eigenvalue weighted by Gasteiger charge is -2.39. The summed E-state index contributed by atoms with van der Waals surface area (Å²) in [4.78, 5) is 46.3. The molecule has 0 saturated carbocycles. The van der Waals surface area contributed by atoms with E-state index >= 15 is 0 Å². The van der Waals surface area contributed by atoms with Crippen LogP contribution in [0.2, 0.25) is 0 Å². The van der Waals surface area contributed by atoms with E-state index < -0.39 is 0 Å². The number of rotatable bonds is 11. The fraction of sp³-hybridized carbons (Fsp3) is 0.200. The molecule has 8 aromatic rings. The summed E-state index contributed by atoms with van der Waals surface area (Å²) in [6, 6.07) is 32.0. The first-order valence-corrected chi connectivity index (χ1v) is 22.1. The number of anilines is 2. The van der Waals surface area contributed by atoms with Crippen LogP contribution in [0.4, 0.5) is 11.6 Å². The van der Waals surface area contributed by atoms with Gasteiger partial charge in [0.15, 0.2) is 11.6 Å². The van der Waals surface area contributed by atoms with E-state index in [0.29, 0.717) is 39.3 Å². The number of pyridine rings is 2. The van der Waals surface area contributed by atoms with Crippen molar-refractivity contribution in [1.29, 1.82) is 0 Å². The van der Waals surface area contributed by atoms with E-state index in [9.17, 15) is 9.59 Å². The van der Waals surface area contributed by atoms with Gasteiger partial charge in [0.05, 0.1) is 23.2 Å². The monoisotopic (exact) mass is 928 g/mol. The lowest BCUT2D eigenvalue weighted by molar-refractivity contribution is -0.126. The number of nitrogens with one attached hydrogen (secondary N) is 2. The maximum atomic E-state index is 12.5. The fourth-order valence-corrected chi connectivity index (χ4v) is 7.68. The summed E-state index contributed by atoms with van der Waals surface area (Å²) < 4.78 is 4.57. The second kappa shape index (κ2) is 20.8. The predicted octanol–water partition coefficient (Wildman–Crippen LogP) is 7.63. The first-order chi connectivity index (χ1) is 31.7. The van der Waals surface area contributed by atoms with Crippen LogP contribution in [0.15, 0.2) is 146 Å². The number of hydrogen-bond donors (Lipinski definition) is 2. The molecule has 2 N–H and O–H groups in total. The van der Waals surface area contributed by atoms with Crippen LogP contribution in [0.5, 0.6) is 0 Å². The van der Waals surface area contributed by atoms with Crippen LogP contribution in [0.25, 0.3) is 29.3 Å². The lowest BCUT2D eigenvalue weighted by Crippen LogP contribution is -2.54. The van der Waals surface area contributed by atoms with Crippen LogP contribution in [-0.2, 0) is 22.7 Å². The summed E-state index contributed by atoms with van der Waals surface area (Å²) in [5, 5.41) is 14.6. The topological polar surface area (TPSA) is 151 Å². The number of aryl methyl sites for hydroxylation is 2. The van der Waals surface area contributed by atoms with Gasteiger partial charge in [-0.15, -0.1) is 0 Å². The molecule has 6 aromatic heterocycles. The molecule has 0 aliphatic carbocycles. The molecule has 2 amide bonds. The van der Waals surface area contributed by atoms with Crippen LogP contribution in [0.1, 0.15) is 39.2 Å². The van der Waals surface area contributed by atoms with Crippen LogP contribution in [-0.4, -0.2) is 77.2 Å². The van der Waals surface area contributed by atoms with E-state index in [4.69, 9.17) is 0 Å². The van der Waals surface area contributed by atoms with E-state index in [1.54, 1.807) is 35.6 Å². The van der Waals surface area contributed by atoms with Crippen LogP contribution < -0.4 is 20.4 Å². The molecule has 0 spiro atoms. The van der Waals surface area contributed by atoms with Gasteiger partial charge in [0.2, 0.25) is 11.8 Å². The van der Waals surface area contributed by atoms with Crippen molar-refractivity contribution in [2.45, 2.75) is 26.9 Å². The van der Waals surface area contributed by atoms with Gasteiger partial charge in [0.1, 0.15) is 23.7 Å². The molecule has 0 radical (unpaired) electrons. The summed E-state index contributed by atoms with van der Waals surface area (Å²) in [6.07, 6.45) is 16.2. The van der Waals surface area contributed by atoms with E-state index in [2.05, 4.69) is 117 Å². The minimum absolute atomic E-state index is 0.00105. The number of benzene rings is 2. The van der Waals surface area contributed by atoms with E-state index in [1.807, 2.05) is 95.8 Å². The van der Waals surface area contributed by atoms with Crippen molar-refractivity contribution < 1.29 is 9.59 Å². The molecular formula is C50H49BrN12O2. The largest absolute Gasteiger partial charge is 0.353 e. The van der Waals surface area contributed by atoms with E-state index in [0.717, 1.165) is 55.2 Å². The Morgan fingerprint density at radius 1 is 0.646 bits per heavy atom. The predicted molar refractivity (Wildman–Crippen MR) is 259 cm³/mol. The molecule has 2 saturated heterocycles. The molecule has 15 heteroatoms. The smallest absolute Gasteiger partial charge is 0.226 e. The Morgan fingerprint density at radius 3 is 1.62 bits per heavy atom. The molecule has 2 fully saturated rings. The normalized spacial score (nSPS) is 13.6. The molecule has 14 nitrogen and oxygen atoms in total. The molecule has 65 heavy (non-hydrogen) atoms. The summed E-state index contributed by atoms with van der Waals surface area (Å²) in [6.45, 7) is 11.5. The standard InChI is InChI=1S/C25H24N6O.C18H18BrN5O.C7H7N/c1-18-5-7-19(8-6-18)13-27-25(32)21-15-30(16-21)24-23-12-20(14-31(23)29-17-28-24)9-10-22-4-2-3-11-26-22;1-12-2-4-13(5-3-12)7-20-18(25)14-8-23(9-14)17-16-6-15(19)10-24(16)22-11-21-17;1-2-7-5-3-4-6-8-7/h2-12,14,17,21H,13,15-16H2,1H3,(H,27,32);2-6,10-11,14H,7-9H2,1H3,(H,20,25);2-6H,1H2/b10-9+;;. The number of carbonyl (C=O) groups is 2. The zero-order valence-corrected chi connectivity index (χ0v) is 37.8. The first kappa shape index (κ1) is 44.1. The Labute approximate surface area is 385 Å². The maximum Gasteiger partial charge on any atom is 0.226 e. The molecule has 8 heterocycles.